The summed E-state index contributed by atoms with van der Waals surface area (Å²) in [5.41, 5.74) is 0.571. The van der Waals surface area contributed by atoms with Crippen LogP contribution in [0.15, 0.2) is 24.4 Å². The highest BCUT2D eigenvalue weighted by Gasteiger charge is 2.22. The van der Waals surface area contributed by atoms with Crippen LogP contribution in [-0.2, 0) is 0 Å². The van der Waals surface area contributed by atoms with Gasteiger partial charge in [-0.3, -0.25) is 9.78 Å². The third kappa shape index (κ3) is 2.65. The minimum absolute atomic E-state index is 0.126. The van der Waals surface area contributed by atoms with E-state index in [0.717, 1.165) is 19.6 Å². The van der Waals surface area contributed by atoms with Crippen LogP contribution in [0.3, 0.4) is 0 Å². The molecule has 0 spiro atoms. The van der Waals surface area contributed by atoms with Crippen molar-refractivity contribution in [3.05, 3.63) is 30.1 Å². The van der Waals surface area contributed by atoms with E-state index in [0.29, 0.717) is 18.2 Å². The van der Waals surface area contributed by atoms with Gasteiger partial charge in [-0.05, 0) is 19.2 Å². The number of carbonyl (C=O) groups is 1. The first kappa shape index (κ1) is 11.2. The van der Waals surface area contributed by atoms with Crippen molar-refractivity contribution in [2.45, 2.75) is 12.5 Å². The van der Waals surface area contributed by atoms with Gasteiger partial charge in [-0.25, -0.2) is 0 Å². The molecule has 0 aliphatic carbocycles. The number of carbonyl (C=O) groups excluding carboxylic acids is 1. The second-order valence-corrected chi connectivity index (χ2v) is 4.18. The normalized spacial score (nSPS) is 21.9. The molecule has 1 aliphatic heterocycles. The standard InChI is InChI=1S/C12H17N3O/c1-15-7-6-13-9-10(15)8-12(16)11-4-2-3-5-14-11/h2-5,10,13H,6-9H2,1H3. The number of likely N-dealkylation sites (N-methyl/N-ethyl adjacent to an activating group) is 1. The van der Waals surface area contributed by atoms with Crippen molar-refractivity contribution in [1.29, 1.82) is 0 Å². The highest BCUT2D eigenvalue weighted by Crippen LogP contribution is 2.08. The number of hydrogen-bond acceptors (Lipinski definition) is 4. The summed E-state index contributed by atoms with van der Waals surface area (Å²) in [4.78, 5) is 18.3. The van der Waals surface area contributed by atoms with Gasteiger partial charge in [0.25, 0.3) is 0 Å². The molecular formula is C12H17N3O. The summed E-state index contributed by atoms with van der Waals surface area (Å²) in [6.45, 7) is 2.89. The third-order valence-electron chi connectivity index (χ3n) is 3.02. The first-order valence-corrected chi connectivity index (χ1v) is 5.62. The van der Waals surface area contributed by atoms with Gasteiger partial charge in [0, 0.05) is 38.3 Å². The summed E-state index contributed by atoms with van der Waals surface area (Å²) in [7, 11) is 2.07. The summed E-state index contributed by atoms with van der Waals surface area (Å²) in [5.74, 6) is 0.126. The van der Waals surface area contributed by atoms with E-state index in [9.17, 15) is 4.79 Å². The number of pyridine rings is 1. The Hall–Kier alpha value is -1.26. The summed E-state index contributed by atoms with van der Waals surface area (Å²) in [5, 5.41) is 3.31. The van der Waals surface area contributed by atoms with Gasteiger partial charge in [0.2, 0.25) is 0 Å². The van der Waals surface area contributed by atoms with Gasteiger partial charge in [-0.15, -0.1) is 0 Å². The maximum atomic E-state index is 11.9. The molecular weight excluding hydrogens is 202 g/mol. The molecule has 0 bridgehead atoms. The van der Waals surface area contributed by atoms with E-state index < -0.39 is 0 Å². The van der Waals surface area contributed by atoms with E-state index in [1.54, 1.807) is 12.3 Å². The average molecular weight is 219 g/mol. The maximum Gasteiger partial charge on any atom is 0.182 e. The van der Waals surface area contributed by atoms with Gasteiger partial charge in [-0.2, -0.15) is 0 Å². The highest BCUT2D eigenvalue weighted by atomic mass is 16.1. The molecule has 1 saturated heterocycles. The van der Waals surface area contributed by atoms with E-state index in [2.05, 4.69) is 22.2 Å². The topological polar surface area (TPSA) is 45.2 Å². The second kappa shape index (κ2) is 5.18. The van der Waals surface area contributed by atoms with E-state index >= 15 is 0 Å². The Labute approximate surface area is 95.7 Å². The number of aromatic nitrogens is 1. The van der Waals surface area contributed by atoms with Gasteiger partial charge >= 0.3 is 0 Å². The van der Waals surface area contributed by atoms with Crippen molar-refractivity contribution < 1.29 is 4.79 Å². The summed E-state index contributed by atoms with van der Waals surface area (Å²) in [6, 6.07) is 5.75. The molecule has 1 aromatic heterocycles. The summed E-state index contributed by atoms with van der Waals surface area (Å²) < 4.78 is 0. The van der Waals surface area contributed by atoms with Crippen LogP contribution in [0.1, 0.15) is 16.9 Å². The number of ketones is 1. The van der Waals surface area contributed by atoms with Crippen molar-refractivity contribution >= 4 is 5.78 Å². The number of piperazine rings is 1. The Kier molecular flexibility index (Phi) is 3.64. The molecule has 1 unspecified atom stereocenters. The minimum Gasteiger partial charge on any atom is -0.314 e. The molecule has 2 heterocycles. The smallest absolute Gasteiger partial charge is 0.182 e. The molecule has 1 aliphatic rings. The number of Topliss-reactive ketones (excluding diaryl/α,β-unsaturated/α-hetero) is 1. The van der Waals surface area contributed by atoms with Crippen molar-refractivity contribution in [2.75, 3.05) is 26.7 Å². The fourth-order valence-corrected chi connectivity index (χ4v) is 1.94. The average Bonchev–Trinajstić information content (AvgIpc) is 2.33. The van der Waals surface area contributed by atoms with Crippen LogP contribution < -0.4 is 5.32 Å². The molecule has 1 N–H and O–H groups in total. The lowest BCUT2D eigenvalue weighted by molar-refractivity contribution is 0.0912. The van der Waals surface area contributed by atoms with Crippen molar-refractivity contribution in [1.82, 2.24) is 15.2 Å². The Morgan fingerprint density at radius 1 is 1.62 bits per heavy atom. The van der Waals surface area contributed by atoms with E-state index in [-0.39, 0.29) is 5.78 Å². The lowest BCUT2D eigenvalue weighted by Crippen LogP contribution is -2.50. The zero-order chi connectivity index (χ0) is 11.4. The second-order valence-electron chi connectivity index (χ2n) is 4.18. The molecule has 0 aromatic carbocycles. The predicted molar refractivity (Wildman–Crippen MR) is 62.5 cm³/mol. The molecule has 1 atom stereocenters. The third-order valence-corrected chi connectivity index (χ3v) is 3.02. The number of rotatable bonds is 3. The van der Waals surface area contributed by atoms with Crippen molar-refractivity contribution in [2.24, 2.45) is 0 Å². The Bertz CT molecular complexity index is 353. The lowest BCUT2D eigenvalue weighted by Gasteiger charge is -2.32. The van der Waals surface area contributed by atoms with Gasteiger partial charge < -0.3 is 10.2 Å². The van der Waals surface area contributed by atoms with Gasteiger partial charge in [-0.1, -0.05) is 6.07 Å². The highest BCUT2D eigenvalue weighted by molar-refractivity contribution is 5.94. The maximum absolute atomic E-state index is 11.9. The molecule has 4 heteroatoms. The quantitative estimate of drug-likeness (QED) is 0.754. The van der Waals surface area contributed by atoms with E-state index in [4.69, 9.17) is 0 Å². The Morgan fingerprint density at radius 3 is 3.19 bits per heavy atom. The van der Waals surface area contributed by atoms with E-state index in [1.165, 1.54) is 0 Å². The van der Waals surface area contributed by atoms with E-state index in [1.807, 2.05) is 12.1 Å². The fraction of sp³-hybridized carbons (Fsp3) is 0.500. The lowest BCUT2D eigenvalue weighted by atomic mass is 10.1. The predicted octanol–water partition coefficient (Wildman–Crippen LogP) is 0.558. The Balaban J connectivity index is 1.96. The minimum atomic E-state index is 0.126. The molecule has 0 amide bonds. The van der Waals surface area contributed by atoms with Gasteiger partial charge in [0.15, 0.2) is 5.78 Å². The molecule has 0 saturated carbocycles. The summed E-state index contributed by atoms with van der Waals surface area (Å²) >= 11 is 0. The Morgan fingerprint density at radius 2 is 2.50 bits per heavy atom. The van der Waals surface area contributed by atoms with Crippen molar-refractivity contribution in [3.63, 3.8) is 0 Å². The number of nitrogens with one attached hydrogen (secondary N) is 1. The zero-order valence-corrected chi connectivity index (χ0v) is 9.52. The first-order chi connectivity index (χ1) is 7.77. The van der Waals surface area contributed by atoms with Crippen molar-refractivity contribution in [3.8, 4) is 0 Å². The molecule has 0 radical (unpaired) electrons. The van der Waals surface area contributed by atoms with Gasteiger partial charge in [0.1, 0.15) is 5.69 Å². The van der Waals surface area contributed by atoms with Gasteiger partial charge in [0.05, 0.1) is 0 Å². The molecule has 1 fully saturated rings. The van der Waals surface area contributed by atoms with Crippen LogP contribution in [0.25, 0.3) is 0 Å². The van der Waals surface area contributed by atoms with Crippen LogP contribution in [0.2, 0.25) is 0 Å². The monoisotopic (exact) mass is 219 g/mol. The van der Waals surface area contributed by atoms with Crippen LogP contribution in [-0.4, -0.2) is 48.4 Å². The fourth-order valence-electron chi connectivity index (χ4n) is 1.94. The van der Waals surface area contributed by atoms with Crippen LogP contribution in [0, 0.1) is 0 Å². The summed E-state index contributed by atoms with van der Waals surface area (Å²) in [6.07, 6.45) is 2.20. The number of hydrogen-bond donors (Lipinski definition) is 1. The molecule has 1 aromatic rings. The van der Waals surface area contributed by atoms with Crippen LogP contribution in [0.5, 0.6) is 0 Å². The SMILES string of the molecule is CN1CCNCC1CC(=O)c1ccccn1. The molecule has 2 rings (SSSR count). The molecule has 16 heavy (non-hydrogen) atoms. The zero-order valence-electron chi connectivity index (χ0n) is 9.52. The first-order valence-electron chi connectivity index (χ1n) is 5.62. The molecule has 86 valence electrons. The largest absolute Gasteiger partial charge is 0.314 e. The van der Waals surface area contributed by atoms with Crippen LogP contribution >= 0.6 is 0 Å². The number of nitrogens with zero attached hydrogens (tertiary/aromatic N) is 2. The van der Waals surface area contributed by atoms with Crippen LogP contribution in [0.4, 0.5) is 0 Å². The molecule has 4 nitrogen and oxygen atoms in total.